The summed E-state index contributed by atoms with van der Waals surface area (Å²) < 4.78 is 18.5. The number of primary amides is 1. The van der Waals surface area contributed by atoms with Gasteiger partial charge in [0.25, 0.3) is 5.91 Å². The largest absolute Gasteiger partial charge is 0.381 e. The second kappa shape index (κ2) is 14.5. The number of amides is 2. The van der Waals surface area contributed by atoms with E-state index in [0.29, 0.717) is 32.1 Å². The van der Waals surface area contributed by atoms with Crippen LogP contribution in [0.25, 0.3) is 0 Å². The highest BCUT2D eigenvalue weighted by molar-refractivity contribution is 8.58. The van der Waals surface area contributed by atoms with Gasteiger partial charge >= 0.3 is 0 Å². The van der Waals surface area contributed by atoms with Crippen molar-refractivity contribution in [1.29, 1.82) is 0 Å². The molecule has 2 aliphatic rings. The van der Waals surface area contributed by atoms with Crippen molar-refractivity contribution in [3.05, 3.63) is 65.2 Å². The number of carbonyl (C=O) groups excluding carboxylic acids is 2. The molecule has 0 saturated carbocycles. The number of nitrogens with one attached hydrogen (secondary N) is 2. The Morgan fingerprint density at radius 1 is 1.15 bits per heavy atom. The molecule has 0 aromatic heterocycles. The molecule has 0 radical (unpaired) electrons. The lowest BCUT2D eigenvalue weighted by molar-refractivity contribution is -0.122. The summed E-state index contributed by atoms with van der Waals surface area (Å²) in [6.45, 7) is 10.9. The molecule has 4 rings (SSSR count). The van der Waals surface area contributed by atoms with E-state index in [-0.39, 0.29) is 5.91 Å². The van der Waals surface area contributed by atoms with Gasteiger partial charge in [-0.2, -0.15) is 0 Å². The van der Waals surface area contributed by atoms with Crippen molar-refractivity contribution in [2.45, 2.75) is 69.0 Å². The van der Waals surface area contributed by atoms with Gasteiger partial charge in [0, 0.05) is 42.8 Å². The fourth-order valence-electron chi connectivity index (χ4n) is 4.57. The molecule has 2 aliphatic heterocycles. The monoisotopic (exact) mass is 573 g/mol. The van der Waals surface area contributed by atoms with E-state index in [0.717, 1.165) is 41.5 Å². The summed E-state index contributed by atoms with van der Waals surface area (Å²) in [4.78, 5) is 24.8. The average Bonchev–Trinajstić information content (AvgIpc) is 3.78. The van der Waals surface area contributed by atoms with Crippen molar-refractivity contribution in [3.8, 4) is 0 Å². The van der Waals surface area contributed by atoms with Crippen molar-refractivity contribution in [3.63, 3.8) is 0 Å². The maximum absolute atomic E-state index is 13.2. The van der Waals surface area contributed by atoms with Gasteiger partial charge in [-0.3, -0.25) is 9.59 Å². The molecule has 2 aromatic carbocycles. The summed E-state index contributed by atoms with van der Waals surface area (Å²) in [5, 5.41) is 5.30. The van der Waals surface area contributed by atoms with Gasteiger partial charge in [0.05, 0.1) is 0 Å². The topological polar surface area (TPSA) is 120 Å². The summed E-state index contributed by atoms with van der Waals surface area (Å²) in [6, 6.07) is 16.2. The maximum atomic E-state index is 13.2. The minimum Gasteiger partial charge on any atom is -0.381 e. The standard InChI is InChI=1S/C16H24N2O.C14H20NO3PS/c1-3-12(2)5-4-10-17-16(19)14-8-6-13(7-9-14)15-11-18-15;1-11-3-5-12(6-4-11)20-19(2,17)14(13(15)16)7-9-18-10-8-14/h6-9,12,15,18H,3-5,10-11H2,1-2H3,(H,17,19);3-6H,7-10H2,1-2H3,(H2,15,16). The highest BCUT2D eigenvalue weighted by Crippen LogP contribution is 2.70. The van der Waals surface area contributed by atoms with Gasteiger partial charge in [-0.15, -0.1) is 0 Å². The molecule has 2 heterocycles. The van der Waals surface area contributed by atoms with Gasteiger partial charge in [0.2, 0.25) is 5.91 Å². The van der Waals surface area contributed by atoms with Crippen LogP contribution in [0.3, 0.4) is 0 Å². The van der Waals surface area contributed by atoms with Crippen LogP contribution in [0.2, 0.25) is 0 Å². The van der Waals surface area contributed by atoms with E-state index < -0.39 is 17.4 Å². The van der Waals surface area contributed by atoms with Crippen LogP contribution in [0.4, 0.5) is 0 Å². The highest BCUT2D eigenvalue weighted by Gasteiger charge is 2.51. The fourth-order valence-corrected chi connectivity index (χ4v) is 9.71. The van der Waals surface area contributed by atoms with Gasteiger partial charge < -0.3 is 25.7 Å². The minimum absolute atomic E-state index is 0.0412. The number of hydrogen-bond donors (Lipinski definition) is 3. The number of carbonyl (C=O) groups is 2. The summed E-state index contributed by atoms with van der Waals surface area (Å²) in [5.41, 5.74) is 8.76. The number of ether oxygens (including phenoxy) is 1. The molecule has 2 saturated heterocycles. The normalized spacial score (nSPS) is 20.1. The molecule has 39 heavy (non-hydrogen) atoms. The van der Waals surface area contributed by atoms with Crippen LogP contribution in [0, 0.1) is 12.8 Å². The van der Waals surface area contributed by atoms with Crippen molar-refractivity contribution in [2.24, 2.45) is 11.7 Å². The lowest BCUT2D eigenvalue weighted by Crippen LogP contribution is -2.47. The Morgan fingerprint density at radius 3 is 2.31 bits per heavy atom. The SMILES string of the molecule is CCC(C)CCCNC(=O)c1ccc(C2CN2)cc1.Cc1ccc(SP(C)(=O)C2(C(N)=O)CCOCC2)cc1. The van der Waals surface area contributed by atoms with Gasteiger partial charge in [0.1, 0.15) is 5.16 Å². The predicted molar refractivity (Wildman–Crippen MR) is 161 cm³/mol. The molecule has 3 atom stereocenters. The van der Waals surface area contributed by atoms with E-state index in [4.69, 9.17) is 10.5 Å². The third-order valence-electron chi connectivity index (χ3n) is 7.70. The first-order chi connectivity index (χ1) is 18.6. The molecule has 3 unspecified atom stereocenters. The van der Waals surface area contributed by atoms with Crippen LogP contribution >= 0.6 is 17.7 Å². The Labute approximate surface area is 237 Å². The zero-order valence-corrected chi connectivity index (χ0v) is 25.4. The zero-order chi connectivity index (χ0) is 28.5. The Bertz CT molecular complexity index is 1130. The minimum atomic E-state index is -2.83. The second-order valence-electron chi connectivity index (χ2n) is 10.8. The Balaban J connectivity index is 0.000000216. The fraction of sp³-hybridized carbons (Fsp3) is 0.533. The van der Waals surface area contributed by atoms with Crippen LogP contribution in [-0.4, -0.2) is 49.9 Å². The average molecular weight is 574 g/mol. The molecule has 2 fully saturated rings. The predicted octanol–water partition coefficient (Wildman–Crippen LogP) is 5.92. The molecule has 214 valence electrons. The number of nitrogens with two attached hydrogens (primary N) is 1. The first kappa shape index (κ1) is 31.4. The van der Waals surface area contributed by atoms with E-state index in [1.54, 1.807) is 6.66 Å². The molecule has 0 bridgehead atoms. The summed E-state index contributed by atoms with van der Waals surface area (Å²) in [6.07, 6.45) is 1.51. The second-order valence-corrected chi connectivity index (χ2v) is 16.6. The summed E-state index contributed by atoms with van der Waals surface area (Å²) in [5.74, 6) is 0.327. The van der Waals surface area contributed by atoms with Gasteiger partial charge in [-0.1, -0.05) is 61.5 Å². The third-order valence-corrected chi connectivity index (χ3v) is 13.5. The molecule has 0 spiro atoms. The van der Waals surface area contributed by atoms with E-state index in [1.165, 1.54) is 29.8 Å². The lowest BCUT2D eigenvalue weighted by Gasteiger charge is -2.38. The van der Waals surface area contributed by atoms with Crippen LogP contribution in [0.15, 0.2) is 53.4 Å². The first-order valence-electron chi connectivity index (χ1n) is 13.9. The summed E-state index contributed by atoms with van der Waals surface area (Å²) >= 11 is 1.29. The maximum Gasteiger partial charge on any atom is 0.251 e. The van der Waals surface area contributed by atoms with Crippen molar-refractivity contribution >= 4 is 29.5 Å². The van der Waals surface area contributed by atoms with Crippen molar-refractivity contribution in [2.75, 3.05) is 33.0 Å². The van der Waals surface area contributed by atoms with Crippen LogP contribution in [0.5, 0.6) is 0 Å². The molecule has 7 nitrogen and oxygen atoms in total. The number of hydrogen-bond acceptors (Lipinski definition) is 6. The Morgan fingerprint density at radius 2 is 1.77 bits per heavy atom. The van der Waals surface area contributed by atoms with E-state index in [9.17, 15) is 14.2 Å². The Hall–Kier alpha value is -2.12. The highest BCUT2D eigenvalue weighted by atomic mass is 32.7. The van der Waals surface area contributed by atoms with Crippen molar-refractivity contribution in [1.82, 2.24) is 10.6 Å². The number of aryl methyl sites for hydroxylation is 1. The quantitative estimate of drug-likeness (QED) is 0.174. The molecule has 4 N–H and O–H groups in total. The third kappa shape index (κ3) is 8.94. The molecular formula is C30H44N3O4PS. The van der Waals surface area contributed by atoms with Crippen LogP contribution in [-0.2, 0) is 14.1 Å². The molecule has 0 aliphatic carbocycles. The van der Waals surface area contributed by atoms with Gasteiger partial charge in [-0.05, 0) is 75.0 Å². The van der Waals surface area contributed by atoms with E-state index >= 15 is 0 Å². The molecule has 2 amide bonds. The van der Waals surface area contributed by atoms with Crippen LogP contribution in [0.1, 0.15) is 73.5 Å². The van der Waals surface area contributed by atoms with E-state index in [1.807, 2.05) is 55.5 Å². The van der Waals surface area contributed by atoms with Gasteiger partial charge in [-0.25, -0.2) is 0 Å². The smallest absolute Gasteiger partial charge is 0.251 e. The molecular weight excluding hydrogens is 529 g/mol. The van der Waals surface area contributed by atoms with E-state index in [2.05, 4.69) is 24.5 Å². The number of benzene rings is 2. The lowest BCUT2D eigenvalue weighted by atomic mass is 9.98. The van der Waals surface area contributed by atoms with Gasteiger partial charge in [0.15, 0.2) is 6.34 Å². The first-order valence-corrected chi connectivity index (χ1v) is 17.5. The van der Waals surface area contributed by atoms with Crippen molar-refractivity contribution < 1.29 is 18.9 Å². The molecule has 9 heteroatoms. The molecule has 2 aromatic rings. The zero-order valence-electron chi connectivity index (χ0n) is 23.7. The Kier molecular flexibility index (Phi) is 11.7. The van der Waals surface area contributed by atoms with Crippen LogP contribution < -0.4 is 16.4 Å². The number of rotatable bonds is 11. The summed E-state index contributed by atoms with van der Waals surface area (Å²) in [7, 11) is 0.